The first-order chi connectivity index (χ1) is 8.67. The van der Waals surface area contributed by atoms with Gasteiger partial charge in [-0.1, -0.05) is 12.1 Å². The zero-order chi connectivity index (χ0) is 13.0. The number of nitrogens with one attached hydrogen (secondary N) is 1. The Morgan fingerprint density at radius 2 is 1.94 bits per heavy atom. The largest absolute Gasteiger partial charge is 0.497 e. The summed E-state index contributed by atoms with van der Waals surface area (Å²) < 4.78 is 5.10. The lowest BCUT2D eigenvalue weighted by Gasteiger charge is -2.07. The van der Waals surface area contributed by atoms with Gasteiger partial charge in [0, 0.05) is 18.3 Å². The first-order valence-corrected chi connectivity index (χ1v) is 5.93. The molecule has 0 unspecified atom stereocenters. The van der Waals surface area contributed by atoms with Crippen LogP contribution in [0.15, 0.2) is 30.3 Å². The predicted octanol–water partition coefficient (Wildman–Crippen LogP) is 3.06. The third kappa shape index (κ3) is 3.34. The van der Waals surface area contributed by atoms with Gasteiger partial charge >= 0.3 is 0 Å². The van der Waals surface area contributed by atoms with Crippen LogP contribution in [0.25, 0.3) is 0 Å². The highest BCUT2D eigenvalue weighted by atomic mass is 35.5. The Morgan fingerprint density at radius 3 is 2.56 bits per heavy atom. The normalized spacial score (nSPS) is 10.2. The van der Waals surface area contributed by atoms with E-state index in [-0.39, 0.29) is 5.28 Å². The summed E-state index contributed by atoms with van der Waals surface area (Å²) in [5.74, 6) is 1.57. The van der Waals surface area contributed by atoms with Crippen molar-refractivity contribution in [1.82, 2.24) is 9.97 Å². The van der Waals surface area contributed by atoms with E-state index in [0.717, 1.165) is 22.8 Å². The van der Waals surface area contributed by atoms with Crippen molar-refractivity contribution in [2.24, 2.45) is 0 Å². The van der Waals surface area contributed by atoms with E-state index in [4.69, 9.17) is 16.3 Å². The van der Waals surface area contributed by atoms with Crippen LogP contribution >= 0.6 is 11.6 Å². The summed E-state index contributed by atoms with van der Waals surface area (Å²) in [7, 11) is 1.65. The number of anilines is 1. The van der Waals surface area contributed by atoms with E-state index < -0.39 is 0 Å². The molecule has 5 heteroatoms. The van der Waals surface area contributed by atoms with Crippen molar-refractivity contribution in [2.45, 2.75) is 13.5 Å². The number of benzene rings is 1. The highest BCUT2D eigenvalue weighted by Crippen LogP contribution is 2.14. The molecule has 94 valence electrons. The molecule has 0 amide bonds. The van der Waals surface area contributed by atoms with E-state index in [1.165, 1.54) is 0 Å². The van der Waals surface area contributed by atoms with Crippen molar-refractivity contribution >= 4 is 17.4 Å². The molecule has 0 aliphatic heterocycles. The van der Waals surface area contributed by atoms with Gasteiger partial charge in [-0.3, -0.25) is 0 Å². The Morgan fingerprint density at radius 1 is 1.22 bits per heavy atom. The van der Waals surface area contributed by atoms with Gasteiger partial charge in [-0.05, 0) is 36.2 Å². The summed E-state index contributed by atoms with van der Waals surface area (Å²) in [6.07, 6.45) is 0. The minimum Gasteiger partial charge on any atom is -0.497 e. The summed E-state index contributed by atoms with van der Waals surface area (Å²) in [5.41, 5.74) is 1.98. The van der Waals surface area contributed by atoms with Gasteiger partial charge in [0.2, 0.25) is 5.28 Å². The summed E-state index contributed by atoms with van der Waals surface area (Å²) in [6, 6.07) is 9.71. The minimum absolute atomic E-state index is 0.257. The lowest BCUT2D eigenvalue weighted by molar-refractivity contribution is 0.414. The molecule has 0 atom stereocenters. The number of aromatic nitrogens is 2. The number of hydrogen-bond acceptors (Lipinski definition) is 4. The van der Waals surface area contributed by atoms with Crippen LogP contribution in [0, 0.1) is 6.92 Å². The van der Waals surface area contributed by atoms with Gasteiger partial charge in [0.25, 0.3) is 0 Å². The molecule has 1 aromatic heterocycles. The molecular weight excluding hydrogens is 250 g/mol. The second-order valence-electron chi connectivity index (χ2n) is 3.87. The molecule has 18 heavy (non-hydrogen) atoms. The molecule has 0 aliphatic carbocycles. The summed E-state index contributed by atoms with van der Waals surface area (Å²) in [5, 5.41) is 3.46. The maximum absolute atomic E-state index is 5.79. The van der Waals surface area contributed by atoms with Gasteiger partial charge in [0.1, 0.15) is 11.6 Å². The van der Waals surface area contributed by atoms with Gasteiger partial charge in [-0.15, -0.1) is 0 Å². The third-order valence-electron chi connectivity index (χ3n) is 2.46. The summed E-state index contributed by atoms with van der Waals surface area (Å²) in [4.78, 5) is 8.11. The zero-order valence-electron chi connectivity index (χ0n) is 10.3. The molecular formula is C13H14ClN3O. The summed E-state index contributed by atoms with van der Waals surface area (Å²) in [6.45, 7) is 2.56. The molecule has 0 spiro atoms. The van der Waals surface area contributed by atoms with Crippen molar-refractivity contribution in [2.75, 3.05) is 12.4 Å². The van der Waals surface area contributed by atoms with Crippen molar-refractivity contribution in [3.63, 3.8) is 0 Å². The van der Waals surface area contributed by atoms with Crippen LogP contribution < -0.4 is 10.1 Å². The maximum Gasteiger partial charge on any atom is 0.224 e. The number of ether oxygens (including phenoxy) is 1. The van der Waals surface area contributed by atoms with E-state index in [2.05, 4.69) is 15.3 Å². The first-order valence-electron chi connectivity index (χ1n) is 5.55. The quantitative estimate of drug-likeness (QED) is 0.862. The average Bonchev–Trinajstić information content (AvgIpc) is 2.36. The van der Waals surface area contributed by atoms with Gasteiger partial charge in [0.05, 0.1) is 7.11 Å². The van der Waals surface area contributed by atoms with E-state index in [1.807, 2.05) is 37.3 Å². The Labute approximate surface area is 111 Å². The fourth-order valence-corrected chi connectivity index (χ4v) is 1.78. The fraction of sp³-hybridized carbons (Fsp3) is 0.231. The lowest BCUT2D eigenvalue weighted by atomic mass is 10.2. The van der Waals surface area contributed by atoms with E-state index in [1.54, 1.807) is 7.11 Å². The Balaban J connectivity index is 2.01. The topological polar surface area (TPSA) is 47.0 Å². The van der Waals surface area contributed by atoms with E-state index in [0.29, 0.717) is 6.54 Å². The highest BCUT2D eigenvalue weighted by Gasteiger charge is 2.00. The molecule has 0 fully saturated rings. The highest BCUT2D eigenvalue weighted by molar-refractivity contribution is 6.28. The van der Waals surface area contributed by atoms with Gasteiger partial charge < -0.3 is 10.1 Å². The average molecular weight is 264 g/mol. The third-order valence-corrected chi connectivity index (χ3v) is 2.63. The predicted molar refractivity (Wildman–Crippen MR) is 72.1 cm³/mol. The van der Waals surface area contributed by atoms with Crippen LogP contribution in [-0.2, 0) is 6.54 Å². The smallest absolute Gasteiger partial charge is 0.224 e. The molecule has 0 saturated heterocycles. The molecule has 1 aromatic carbocycles. The van der Waals surface area contributed by atoms with Crippen LogP contribution in [0.1, 0.15) is 11.3 Å². The van der Waals surface area contributed by atoms with Crippen molar-refractivity contribution in [3.05, 3.63) is 46.9 Å². The number of aryl methyl sites for hydroxylation is 1. The van der Waals surface area contributed by atoms with Crippen molar-refractivity contribution in [1.29, 1.82) is 0 Å². The maximum atomic E-state index is 5.79. The molecule has 2 aromatic rings. The van der Waals surface area contributed by atoms with Crippen LogP contribution in [0.2, 0.25) is 5.28 Å². The lowest BCUT2D eigenvalue weighted by Crippen LogP contribution is -2.02. The van der Waals surface area contributed by atoms with Gasteiger partial charge in [-0.25, -0.2) is 9.97 Å². The number of halogens is 1. The first kappa shape index (κ1) is 12.6. The Hall–Kier alpha value is -1.81. The molecule has 0 radical (unpaired) electrons. The standard InChI is InChI=1S/C13H14ClN3O/c1-9-7-12(17-13(14)16-9)15-8-10-3-5-11(18-2)6-4-10/h3-7H,8H2,1-2H3,(H,15,16,17). The fourth-order valence-electron chi connectivity index (χ4n) is 1.56. The van der Waals surface area contributed by atoms with Gasteiger partial charge in [0.15, 0.2) is 0 Å². The van der Waals surface area contributed by atoms with Crippen LogP contribution in [0.3, 0.4) is 0 Å². The zero-order valence-corrected chi connectivity index (χ0v) is 11.0. The van der Waals surface area contributed by atoms with E-state index >= 15 is 0 Å². The number of rotatable bonds is 4. The Kier molecular flexibility index (Phi) is 3.99. The monoisotopic (exact) mass is 263 g/mol. The second kappa shape index (κ2) is 5.69. The molecule has 0 bridgehead atoms. The Bertz CT molecular complexity index is 508. The van der Waals surface area contributed by atoms with Crippen LogP contribution in [0.4, 0.5) is 5.82 Å². The van der Waals surface area contributed by atoms with Gasteiger partial charge in [-0.2, -0.15) is 0 Å². The molecule has 1 heterocycles. The number of methoxy groups -OCH3 is 1. The SMILES string of the molecule is COc1ccc(CNc2cc(C)nc(Cl)n2)cc1. The molecule has 4 nitrogen and oxygen atoms in total. The molecule has 0 saturated carbocycles. The molecule has 2 rings (SSSR count). The van der Waals surface area contributed by atoms with Crippen LogP contribution in [-0.4, -0.2) is 17.1 Å². The number of nitrogens with zero attached hydrogens (tertiary/aromatic N) is 2. The number of hydrogen-bond donors (Lipinski definition) is 1. The van der Waals surface area contributed by atoms with E-state index in [9.17, 15) is 0 Å². The second-order valence-corrected chi connectivity index (χ2v) is 4.20. The minimum atomic E-state index is 0.257. The van der Waals surface area contributed by atoms with Crippen molar-refractivity contribution < 1.29 is 4.74 Å². The van der Waals surface area contributed by atoms with Crippen LogP contribution in [0.5, 0.6) is 5.75 Å². The van der Waals surface area contributed by atoms with Crippen molar-refractivity contribution in [3.8, 4) is 5.75 Å². The molecule has 1 N–H and O–H groups in total. The summed E-state index contributed by atoms with van der Waals surface area (Å²) >= 11 is 5.79. The molecule has 0 aliphatic rings.